The molecule has 2 aromatic rings. The molecule has 0 fully saturated rings. The van der Waals surface area contributed by atoms with Gasteiger partial charge >= 0.3 is 0 Å². The molecule has 0 saturated heterocycles. The fourth-order valence-corrected chi connectivity index (χ4v) is 2.33. The van der Waals surface area contributed by atoms with Crippen molar-refractivity contribution in [2.75, 3.05) is 11.9 Å². The summed E-state index contributed by atoms with van der Waals surface area (Å²) in [5.41, 5.74) is 3.28. The van der Waals surface area contributed by atoms with E-state index < -0.39 is 0 Å². The quantitative estimate of drug-likeness (QED) is 0.888. The van der Waals surface area contributed by atoms with E-state index in [1.807, 2.05) is 32.2 Å². The normalized spacial score (nSPS) is 12.2. The van der Waals surface area contributed by atoms with Crippen LogP contribution in [0.2, 0.25) is 0 Å². The smallest absolute Gasteiger partial charge is 0.259 e. The molecule has 5 heteroatoms. The Morgan fingerprint density at radius 1 is 1.43 bits per heavy atom. The van der Waals surface area contributed by atoms with Crippen molar-refractivity contribution < 1.29 is 4.79 Å². The highest BCUT2D eigenvalue weighted by molar-refractivity contribution is 6.04. The van der Waals surface area contributed by atoms with Crippen LogP contribution in [0.1, 0.15) is 41.5 Å². The van der Waals surface area contributed by atoms with Gasteiger partial charge in [0.1, 0.15) is 0 Å². The molecule has 0 aliphatic carbocycles. The first-order valence-electron chi connectivity index (χ1n) is 7.16. The van der Waals surface area contributed by atoms with Gasteiger partial charge < -0.3 is 10.6 Å². The highest BCUT2D eigenvalue weighted by Gasteiger charge is 2.13. The summed E-state index contributed by atoms with van der Waals surface area (Å²) in [6.07, 6.45) is 1.73. The average Bonchev–Trinajstić information content (AvgIpc) is 2.78. The summed E-state index contributed by atoms with van der Waals surface area (Å²) in [4.78, 5) is 12.3. The summed E-state index contributed by atoms with van der Waals surface area (Å²) >= 11 is 0. The molecule has 2 rings (SSSR count). The molecular weight excluding hydrogens is 264 g/mol. The fraction of sp³-hybridized carbons (Fsp3) is 0.375. The van der Waals surface area contributed by atoms with Gasteiger partial charge in [-0.2, -0.15) is 5.10 Å². The second kappa shape index (κ2) is 6.54. The average molecular weight is 286 g/mol. The maximum atomic E-state index is 12.3. The standard InChI is InChI=1S/C16H22N4O/c1-5-17-11(2)13-7-6-8-14(9-13)18-16(21)15-10-20(4)19-12(15)3/h6-11,17H,5H2,1-4H3,(H,18,21). The molecule has 0 aliphatic heterocycles. The number of aromatic nitrogens is 2. The van der Waals surface area contributed by atoms with Gasteiger partial charge in [-0.1, -0.05) is 19.1 Å². The Morgan fingerprint density at radius 3 is 2.81 bits per heavy atom. The summed E-state index contributed by atoms with van der Waals surface area (Å²) in [5, 5.41) is 10.5. The molecule has 0 radical (unpaired) electrons. The second-order valence-electron chi connectivity index (χ2n) is 5.16. The van der Waals surface area contributed by atoms with Crippen molar-refractivity contribution in [2.24, 2.45) is 7.05 Å². The number of amides is 1. The Labute approximate surface area is 125 Å². The van der Waals surface area contributed by atoms with E-state index in [2.05, 4.69) is 35.6 Å². The van der Waals surface area contributed by atoms with Gasteiger partial charge in [0.15, 0.2) is 0 Å². The number of rotatable bonds is 5. The third-order valence-corrected chi connectivity index (χ3v) is 3.41. The van der Waals surface area contributed by atoms with Crippen molar-refractivity contribution in [3.05, 3.63) is 47.3 Å². The molecule has 112 valence electrons. The van der Waals surface area contributed by atoms with Crippen LogP contribution in [0.3, 0.4) is 0 Å². The third kappa shape index (κ3) is 3.70. The highest BCUT2D eigenvalue weighted by Crippen LogP contribution is 2.18. The molecule has 1 aromatic carbocycles. The lowest BCUT2D eigenvalue weighted by atomic mass is 10.1. The van der Waals surface area contributed by atoms with Gasteiger partial charge in [-0.15, -0.1) is 0 Å². The molecule has 5 nitrogen and oxygen atoms in total. The molecule has 1 amide bonds. The summed E-state index contributed by atoms with van der Waals surface area (Å²) in [5.74, 6) is -0.131. The number of hydrogen-bond donors (Lipinski definition) is 2. The molecular formula is C16H22N4O. The van der Waals surface area contributed by atoms with E-state index in [0.29, 0.717) is 5.56 Å². The molecule has 1 aromatic heterocycles. The Morgan fingerprint density at radius 2 is 2.19 bits per heavy atom. The minimum atomic E-state index is -0.131. The molecule has 2 N–H and O–H groups in total. The molecule has 21 heavy (non-hydrogen) atoms. The van der Waals surface area contributed by atoms with E-state index in [-0.39, 0.29) is 11.9 Å². The first kappa shape index (κ1) is 15.3. The third-order valence-electron chi connectivity index (χ3n) is 3.41. The van der Waals surface area contributed by atoms with Gasteiger partial charge in [0.25, 0.3) is 5.91 Å². The van der Waals surface area contributed by atoms with Gasteiger partial charge in [-0.3, -0.25) is 9.48 Å². The van der Waals surface area contributed by atoms with E-state index in [9.17, 15) is 4.79 Å². The Kier molecular flexibility index (Phi) is 4.75. The minimum Gasteiger partial charge on any atom is -0.322 e. The number of anilines is 1. The van der Waals surface area contributed by atoms with Gasteiger partial charge in [0.05, 0.1) is 11.3 Å². The van der Waals surface area contributed by atoms with Gasteiger partial charge in [-0.05, 0) is 38.1 Å². The van der Waals surface area contributed by atoms with Crippen LogP contribution in [0.4, 0.5) is 5.69 Å². The zero-order chi connectivity index (χ0) is 15.4. The highest BCUT2D eigenvalue weighted by atomic mass is 16.1. The topological polar surface area (TPSA) is 58.9 Å². The lowest BCUT2D eigenvalue weighted by Crippen LogP contribution is -2.18. The van der Waals surface area contributed by atoms with Crippen LogP contribution in [0.15, 0.2) is 30.5 Å². The summed E-state index contributed by atoms with van der Waals surface area (Å²) in [6, 6.07) is 8.16. The van der Waals surface area contributed by atoms with Gasteiger partial charge in [0, 0.05) is 25.0 Å². The molecule has 1 unspecified atom stereocenters. The lowest BCUT2D eigenvalue weighted by molar-refractivity contribution is 0.102. The Hall–Kier alpha value is -2.14. The number of carbonyl (C=O) groups is 1. The van der Waals surface area contributed by atoms with Crippen LogP contribution in [-0.4, -0.2) is 22.2 Å². The monoisotopic (exact) mass is 286 g/mol. The largest absolute Gasteiger partial charge is 0.322 e. The van der Waals surface area contributed by atoms with Crippen LogP contribution < -0.4 is 10.6 Å². The van der Waals surface area contributed by atoms with Crippen LogP contribution in [-0.2, 0) is 7.05 Å². The maximum absolute atomic E-state index is 12.3. The molecule has 0 bridgehead atoms. The number of nitrogens with one attached hydrogen (secondary N) is 2. The predicted octanol–water partition coefficient (Wildman–Crippen LogP) is 2.65. The van der Waals surface area contributed by atoms with Crippen molar-refractivity contribution in [1.82, 2.24) is 15.1 Å². The fourth-order valence-electron chi connectivity index (χ4n) is 2.33. The summed E-state index contributed by atoms with van der Waals surface area (Å²) in [6.45, 7) is 6.92. The maximum Gasteiger partial charge on any atom is 0.259 e. The Bertz CT molecular complexity index is 633. The molecule has 1 atom stereocenters. The van der Waals surface area contributed by atoms with E-state index in [1.165, 1.54) is 0 Å². The van der Waals surface area contributed by atoms with E-state index in [4.69, 9.17) is 0 Å². The zero-order valence-electron chi connectivity index (χ0n) is 13.0. The van der Waals surface area contributed by atoms with Crippen molar-refractivity contribution in [3.63, 3.8) is 0 Å². The SMILES string of the molecule is CCNC(C)c1cccc(NC(=O)c2cn(C)nc2C)c1. The van der Waals surface area contributed by atoms with Crippen molar-refractivity contribution in [3.8, 4) is 0 Å². The number of benzene rings is 1. The van der Waals surface area contributed by atoms with Crippen molar-refractivity contribution >= 4 is 11.6 Å². The first-order chi connectivity index (χ1) is 10.0. The second-order valence-corrected chi connectivity index (χ2v) is 5.16. The van der Waals surface area contributed by atoms with Crippen LogP contribution >= 0.6 is 0 Å². The molecule has 0 spiro atoms. The summed E-state index contributed by atoms with van der Waals surface area (Å²) in [7, 11) is 1.81. The van der Waals surface area contributed by atoms with Gasteiger partial charge in [-0.25, -0.2) is 0 Å². The molecule has 1 heterocycles. The molecule has 0 saturated carbocycles. The van der Waals surface area contributed by atoms with Crippen LogP contribution in [0.25, 0.3) is 0 Å². The van der Waals surface area contributed by atoms with Crippen molar-refractivity contribution in [2.45, 2.75) is 26.8 Å². The van der Waals surface area contributed by atoms with Gasteiger partial charge in [0.2, 0.25) is 0 Å². The zero-order valence-corrected chi connectivity index (χ0v) is 13.0. The number of carbonyl (C=O) groups excluding carboxylic acids is 1. The van der Waals surface area contributed by atoms with E-state index >= 15 is 0 Å². The van der Waals surface area contributed by atoms with Crippen LogP contribution in [0, 0.1) is 6.92 Å². The molecule has 0 aliphatic rings. The van der Waals surface area contributed by atoms with E-state index in [1.54, 1.807) is 10.9 Å². The number of hydrogen-bond acceptors (Lipinski definition) is 3. The van der Waals surface area contributed by atoms with E-state index in [0.717, 1.165) is 23.5 Å². The predicted molar refractivity (Wildman–Crippen MR) is 84.4 cm³/mol. The summed E-state index contributed by atoms with van der Waals surface area (Å²) < 4.78 is 1.65. The Balaban J connectivity index is 2.14. The lowest BCUT2D eigenvalue weighted by Gasteiger charge is -2.14. The van der Waals surface area contributed by atoms with Crippen molar-refractivity contribution in [1.29, 1.82) is 0 Å². The first-order valence-corrected chi connectivity index (χ1v) is 7.16. The minimum absolute atomic E-state index is 0.131. The van der Waals surface area contributed by atoms with Crippen LogP contribution in [0.5, 0.6) is 0 Å². The number of aryl methyl sites for hydroxylation is 2. The number of nitrogens with zero attached hydrogens (tertiary/aromatic N) is 2.